The molecule has 0 aromatic carbocycles. The Morgan fingerprint density at radius 2 is 1.95 bits per heavy atom. The normalized spacial score (nSPS) is 20.2. The third-order valence-corrected chi connectivity index (χ3v) is 3.85. The minimum atomic E-state index is -0.480. The number of hydrogen-bond donors (Lipinski definition) is 1. The van der Waals surface area contributed by atoms with E-state index in [9.17, 15) is 9.59 Å². The van der Waals surface area contributed by atoms with Crippen LogP contribution in [0.1, 0.15) is 41.0 Å². The molecular formula is C16H31N3O3. The summed E-state index contributed by atoms with van der Waals surface area (Å²) in [5.41, 5.74) is 5.42. The molecule has 0 bridgehead atoms. The van der Waals surface area contributed by atoms with Gasteiger partial charge in [-0.25, -0.2) is 4.79 Å². The standard InChI is InChI=1S/C16H31N3O3/c1-11(2)13(17)14(20)18(6)9-12-7-8-19(10-12)15(21)22-16(3,4)5/h11-13H,7-10,17H2,1-6H3/t12-,13+/m1/s1. The van der Waals surface area contributed by atoms with E-state index in [0.717, 1.165) is 6.42 Å². The Hall–Kier alpha value is -1.30. The lowest BCUT2D eigenvalue weighted by atomic mass is 10.0. The average molecular weight is 313 g/mol. The summed E-state index contributed by atoms with van der Waals surface area (Å²) in [6, 6.07) is -0.464. The van der Waals surface area contributed by atoms with Crippen LogP contribution < -0.4 is 5.73 Å². The van der Waals surface area contributed by atoms with Crippen LogP contribution in [-0.4, -0.2) is 60.1 Å². The lowest BCUT2D eigenvalue weighted by Crippen LogP contribution is -2.46. The van der Waals surface area contributed by atoms with Crippen molar-refractivity contribution in [3.05, 3.63) is 0 Å². The summed E-state index contributed by atoms with van der Waals surface area (Å²) in [5, 5.41) is 0. The van der Waals surface area contributed by atoms with Gasteiger partial charge in [0.1, 0.15) is 5.60 Å². The van der Waals surface area contributed by atoms with E-state index in [1.54, 1.807) is 16.8 Å². The first-order valence-electron chi connectivity index (χ1n) is 7.99. The van der Waals surface area contributed by atoms with Gasteiger partial charge in [0.2, 0.25) is 5.91 Å². The number of likely N-dealkylation sites (N-methyl/N-ethyl adjacent to an activating group) is 1. The van der Waals surface area contributed by atoms with E-state index in [1.807, 2.05) is 34.6 Å². The fourth-order valence-electron chi connectivity index (χ4n) is 2.49. The molecule has 0 spiro atoms. The summed E-state index contributed by atoms with van der Waals surface area (Å²) in [6.07, 6.45) is 0.608. The number of hydrogen-bond acceptors (Lipinski definition) is 4. The van der Waals surface area contributed by atoms with Crippen molar-refractivity contribution in [2.75, 3.05) is 26.7 Å². The van der Waals surface area contributed by atoms with Crippen LogP contribution in [0.15, 0.2) is 0 Å². The van der Waals surface area contributed by atoms with Crippen molar-refractivity contribution in [2.24, 2.45) is 17.6 Å². The Labute approximate surface area is 134 Å². The van der Waals surface area contributed by atoms with Crippen molar-refractivity contribution < 1.29 is 14.3 Å². The third kappa shape index (κ3) is 5.48. The Balaban J connectivity index is 2.47. The second kappa shape index (κ2) is 7.31. The predicted octanol–water partition coefficient (Wildman–Crippen LogP) is 1.69. The van der Waals surface area contributed by atoms with Gasteiger partial charge in [-0.1, -0.05) is 13.8 Å². The second-order valence-electron chi connectivity index (χ2n) is 7.57. The zero-order valence-electron chi connectivity index (χ0n) is 14.8. The molecule has 1 aliphatic rings. The minimum Gasteiger partial charge on any atom is -0.444 e. The molecule has 0 aliphatic carbocycles. The number of likely N-dealkylation sites (tertiary alicyclic amines) is 1. The topological polar surface area (TPSA) is 75.9 Å². The molecule has 0 unspecified atom stereocenters. The molecular weight excluding hydrogens is 282 g/mol. The maximum Gasteiger partial charge on any atom is 0.410 e. The van der Waals surface area contributed by atoms with Gasteiger partial charge in [-0.05, 0) is 39.0 Å². The number of rotatable bonds is 4. The molecule has 0 aromatic heterocycles. The van der Waals surface area contributed by atoms with E-state index in [4.69, 9.17) is 10.5 Å². The summed E-state index contributed by atoms with van der Waals surface area (Å²) in [5.74, 6) is 0.364. The van der Waals surface area contributed by atoms with Crippen LogP contribution in [0.3, 0.4) is 0 Å². The number of nitrogens with two attached hydrogens (primary N) is 1. The summed E-state index contributed by atoms with van der Waals surface area (Å²) >= 11 is 0. The average Bonchev–Trinajstić information content (AvgIpc) is 2.83. The SMILES string of the molecule is CC(C)[C@H](N)C(=O)N(C)C[C@H]1CCN(C(=O)OC(C)(C)C)C1. The Morgan fingerprint density at radius 3 is 2.45 bits per heavy atom. The highest BCUT2D eigenvalue weighted by Crippen LogP contribution is 2.20. The summed E-state index contributed by atoms with van der Waals surface area (Å²) < 4.78 is 5.38. The Morgan fingerprint density at radius 1 is 1.36 bits per heavy atom. The first-order valence-corrected chi connectivity index (χ1v) is 7.99. The number of amides is 2. The molecule has 1 fully saturated rings. The van der Waals surface area contributed by atoms with Gasteiger partial charge in [-0.15, -0.1) is 0 Å². The van der Waals surface area contributed by atoms with Crippen LogP contribution in [0.25, 0.3) is 0 Å². The fourth-order valence-corrected chi connectivity index (χ4v) is 2.49. The number of ether oxygens (including phenoxy) is 1. The lowest BCUT2D eigenvalue weighted by molar-refractivity contribution is -0.132. The number of nitrogens with zero attached hydrogens (tertiary/aromatic N) is 2. The molecule has 1 aliphatic heterocycles. The molecule has 0 saturated carbocycles. The van der Waals surface area contributed by atoms with Gasteiger partial charge in [0.05, 0.1) is 6.04 Å². The number of carbonyl (C=O) groups excluding carboxylic acids is 2. The van der Waals surface area contributed by atoms with Gasteiger partial charge in [0.25, 0.3) is 0 Å². The zero-order chi connectivity index (χ0) is 17.1. The predicted molar refractivity (Wildman–Crippen MR) is 86.4 cm³/mol. The van der Waals surface area contributed by atoms with Crippen LogP contribution in [0.2, 0.25) is 0 Å². The van der Waals surface area contributed by atoms with E-state index >= 15 is 0 Å². The summed E-state index contributed by atoms with van der Waals surface area (Å²) in [4.78, 5) is 27.6. The molecule has 128 valence electrons. The monoisotopic (exact) mass is 313 g/mol. The molecule has 1 rings (SSSR count). The van der Waals surface area contributed by atoms with Crippen molar-refractivity contribution in [2.45, 2.75) is 52.7 Å². The van der Waals surface area contributed by atoms with Gasteiger partial charge >= 0.3 is 6.09 Å². The maximum atomic E-state index is 12.2. The Kier molecular flexibility index (Phi) is 6.23. The Bertz CT molecular complexity index is 404. The highest BCUT2D eigenvalue weighted by atomic mass is 16.6. The van der Waals surface area contributed by atoms with E-state index < -0.39 is 11.6 Å². The molecule has 2 N–H and O–H groups in total. The first kappa shape index (κ1) is 18.7. The summed E-state index contributed by atoms with van der Waals surface area (Å²) in [6.45, 7) is 11.4. The molecule has 0 aromatic rings. The van der Waals surface area contributed by atoms with Crippen LogP contribution in [0.4, 0.5) is 4.79 Å². The number of carbonyl (C=O) groups is 2. The maximum absolute atomic E-state index is 12.2. The van der Waals surface area contributed by atoms with E-state index in [-0.39, 0.29) is 23.8 Å². The van der Waals surface area contributed by atoms with Gasteiger partial charge < -0.3 is 20.3 Å². The van der Waals surface area contributed by atoms with Gasteiger partial charge in [0, 0.05) is 26.7 Å². The molecule has 6 heteroatoms. The van der Waals surface area contributed by atoms with Gasteiger partial charge in [0.15, 0.2) is 0 Å². The van der Waals surface area contributed by atoms with Gasteiger partial charge in [-0.2, -0.15) is 0 Å². The van der Waals surface area contributed by atoms with Crippen molar-refractivity contribution in [1.29, 1.82) is 0 Å². The molecule has 1 heterocycles. The largest absolute Gasteiger partial charge is 0.444 e. The van der Waals surface area contributed by atoms with Crippen molar-refractivity contribution in [1.82, 2.24) is 9.80 Å². The van der Waals surface area contributed by atoms with Crippen molar-refractivity contribution in [3.63, 3.8) is 0 Å². The highest BCUT2D eigenvalue weighted by Gasteiger charge is 2.31. The zero-order valence-corrected chi connectivity index (χ0v) is 14.8. The molecule has 1 saturated heterocycles. The second-order valence-corrected chi connectivity index (χ2v) is 7.57. The van der Waals surface area contributed by atoms with Crippen LogP contribution in [-0.2, 0) is 9.53 Å². The first-order chi connectivity index (χ1) is 10.0. The molecule has 2 atom stereocenters. The highest BCUT2D eigenvalue weighted by molar-refractivity contribution is 5.81. The van der Waals surface area contributed by atoms with Crippen LogP contribution in [0.5, 0.6) is 0 Å². The lowest BCUT2D eigenvalue weighted by Gasteiger charge is -2.27. The van der Waals surface area contributed by atoms with Crippen molar-refractivity contribution >= 4 is 12.0 Å². The van der Waals surface area contributed by atoms with E-state index in [2.05, 4.69) is 0 Å². The van der Waals surface area contributed by atoms with Crippen LogP contribution in [0, 0.1) is 11.8 Å². The smallest absolute Gasteiger partial charge is 0.410 e. The van der Waals surface area contributed by atoms with Gasteiger partial charge in [-0.3, -0.25) is 4.79 Å². The van der Waals surface area contributed by atoms with Crippen molar-refractivity contribution in [3.8, 4) is 0 Å². The molecule has 0 radical (unpaired) electrons. The molecule has 2 amide bonds. The molecule has 22 heavy (non-hydrogen) atoms. The summed E-state index contributed by atoms with van der Waals surface area (Å²) in [7, 11) is 1.78. The fraction of sp³-hybridized carbons (Fsp3) is 0.875. The van der Waals surface area contributed by atoms with E-state index in [1.165, 1.54) is 0 Å². The van der Waals surface area contributed by atoms with Crippen LogP contribution >= 0.6 is 0 Å². The minimum absolute atomic E-state index is 0.0364. The third-order valence-electron chi connectivity index (χ3n) is 3.85. The van der Waals surface area contributed by atoms with E-state index in [0.29, 0.717) is 19.6 Å². The molecule has 6 nitrogen and oxygen atoms in total. The quantitative estimate of drug-likeness (QED) is 0.857.